The van der Waals surface area contributed by atoms with Crippen LogP contribution in [-0.4, -0.2) is 14.5 Å². The van der Waals surface area contributed by atoms with Crippen LogP contribution in [0.1, 0.15) is 5.56 Å². The van der Waals surface area contributed by atoms with E-state index in [0.29, 0.717) is 22.2 Å². The van der Waals surface area contributed by atoms with Gasteiger partial charge >= 0.3 is 0 Å². The second-order valence-electron chi connectivity index (χ2n) is 5.83. The van der Waals surface area contributed by atoms with Crippen LogP contribution in [0.3, 0.4) is 0 Å². The number of fused-ring (bicyclic) bond motifs is 1. The summed E-state index contributed by atoms with van der Waals surface area (Å²) in [6, 6.07) is 12.9. The highest BCUT2D eigenvalue weighted by Crippen LogP contribution is 2.25. The fraction of sp³-hybridized carbons (Fsp3) is 0.0500. The summed E-state index contributed by atoms with van der Waals surface area (Å²) in [4.78, 5) is 20.1. The van der Waals surface area contributed by atoms with E-state index >= 15 is 0 Å². The molecule has 2 heterocycles. The topological polar surface area (TPSA) is 47.8 Å². The van der Waals surface area contributed by atoms with Gasteiger partial charge in [0.05, 0.1) is 23.8 Å². The average Bonchev–Trinajstić information content (AvgIpc) is 2.66. The van der Waals surface area contributed by atoms with E-state index in [1.807, 2.05) is 0 Å². The van der Waals surface area contributed by atoms with Crippen LogP contribution in [-0.2, 0) is 6.54 Å². The number of aromatic nitrogens is 3. The van der Waals surface area contributed by atoms with E-state index in [2.05, 4.69) is 9.97 Å². The fourth-order valence-corrected chi connectivity index (χ4v) is 2.90. The Morgan fingerprint density at radius 3 is 2.35 bits per heavy atom. The predicted molar refractivity (Wildman–Crippen MR) is 94.7 cm³/mol. The van der Waals surface area contributed by atoms with Crippen molar-refractivity contribution in [3.8, 4) is 11.1 Å². The highest BCUT2D eigenvalue weighted by Gasteiger charge is 2.15. The van der Waals surface area contributed by atoms with Gasteiger partial charge in [0.2, 0.25) is 0 Å². The largest absolute Gasteiger partial charge is 0.301 e. The Morgan fingerprint density at radius 2 is 1.62 bits per heavy atom. The van der Waals surface area contributed by atoms with Crippen LogP contribution in [0.25, 0.3) is 22.2 Å². The predicted octanol–water partition coefficient (Wildman–Crippen LogP) is 3.79. The summed E-state index contributed by atoms with van der Waals surface area (Å²) in [6.07, 6.45) is 4.27. The lowest BCUT2D eigenvalue weighted by atomic mass is 10.0. The van der Waals surface area contributed by atoms with Gasteiger partial charge in [-0.1, -0.05) is 12.1 Å². The van der Waals surface area contributed by atoms with Crippen molar-refractivity contribution in [3.05, 3.63) is 94.7 Å². The molecule has 0 saturated carbocycles. The summed E-state index contributed by atoms with van der Waals surface area (Å²) < 4.78 is 30.6. The molecule has 128 valence electrons. The number of benzene rings is 2. The second kappa shape index (κ2) is 6.48. The minimum absolute atomic E-state index is 0.166. The monoisotopic (exact) mass is 349 g/mol. The van der Waals surface area contributed by atoms with Crippen molar-refractivity contribution >= 4 is 11.0 Å². The standard InChI is InChI=1S/C20H13F2N3O/c21-16-9-14(13-5-7-23-8-6-13)10-17(22)15(16)12-25-19-4-2-1-3-18(19)24-11-20(25)26/h1-11H,12H2. The van der Waals surface area contributed by atoms with Crippen LogP contribution in [0.4, 0.5) is 8.78 Å². The molecule has 0 N–H and O–H groups in total. The fourth-order valence-electron chi connectivity index (χ4n) is 2.90. The molecule has 0 aliphatic carbocycles. The molecule has 4 aromatic rings. The Bertz CT molecular complexity index is 1130. The molecule has 0 atom stereocenters. The van der Waals surface area contributed by atoms with Crippen molar-refractivity contribution < 1.29 is 8.78 Å². The number of hydrogen-bond acceptors (Lipinski definition) is 3. The molecule has 4 nitrogen and oxygen atoms in total. The zero-order valence-corrected chi connectivity index (χ0v) is 13.6. The Morgan fingerprint density at radius 1 is 0.923 bits per heavy atom. The van der Waals surface area contributed by atoms with Crippen molar-refractivity contribution in [1.29, 1.82) is 0 Å². The number of rotatable bonds is 3. The summed E-state index contributed by atoms with van der Waals surface area (Å²) in [7, 11) is 0. The molecular formula is C20H13F2N3O. The first kappa shape index (κ1) is 16.1. The molecule has 0 radical (unpaired) electrons. The summed E-state index contributed by atoms with van der Waals surface area (Å²) in [6.45, 7) is -0.212. The first-order chi connectivity index (χ1) is 12.6. The molecule has 0 fully saturated rings. The third kappa shape index (κ3) is 2.86. The molecule has 26 heavy (non-hydrogen) atoms. The first-order valence-corrected chi connectivity index (χ1v) is 7.96. The summed E-state index contributed by atoms with van der Waals surface area (Å²) in [5.41, 5.74) is 1.61. The average molecular weight is 349 g/mol. The van der Waals surface area contributed by atoms with Gasteiger partial charge in [-0.3, -0.25) is 9.78 Å². The van der Waals surface area contributed by atoms with Crippen LogP contribution in [0.2, 0.25) is 0 Å². The van der Waals surface area contributed by atoms with Gasteiger partial charge in [-0.2, -0.15) is 0 Å². The molecule has 0 amide bonds. The first-order valence-electron chi connectivity index (χ1n) is 7.96. The lowest BCUT2D eigenvalue weighted by molar-refractivity contribution is 0.545. The zero-order valence-electron chi connectivity index (χ0n) is 13.6. The van der Waals surface area contributed by atoms with Crippen molar-refractivity contribution in [2.45, 2.75) is 6.54 Å². The van der Waals surface area contributed by atoms with Crippen molar-refractivity contribution in [1.82, 2.24) is 14.5 Å². The Kier molecular flexibility index (Phi) is 4.01. The molecule has 6 heteroatoms. The maximum absolute atomic E-state index is 14.6. The van der Waals surface area contributed by atoms with Crippen LogP contribution in [0, 0.1) is 11.6 Å². The maximum atomic E-state index is 14.6. The minimum Gasteiger partial charge on any atom is -0.301 e. The van der Waals surface area contributed by atoms with E-state index in [4.69, 9.17) is 0 Å². The molecule has 2 aromatic heterocycles. The molecule has 0 spiro atoms. The molecule has 0 bridgehead atoms. The molecule has 0 aliphatic heterocycles. The van der Waals surface area contributed by atoms with Gasteiger partial charge in [0.15, 0.2) is 0 Å². The number of nitrogens with zero attached hydrogens (tertiary/aromatic N) is 3. The number of pyridine rings is 1. The molecule has 0 saturated heterocycles. The summed E-state index contributed by atoms with van der Waals surface area (Å²) in [5.74, 6) is -1.41. The third-order valence-electron chi connectivity index (χ3n) is 4.22. The number of halogens is 2. The van der Waals surface area contributed by atoms with Gasteiger partial charge in [0.25, 0.3) is 5.56 Å². The van der Waals surface area contributed by atoms with Crippen molar-refractivity contribution in [3.63, 3.8) is 0 Å². The van der Waals surface area contributed by atoms with Gasteiger partial charge in [-0.05, 0) is 47.5 Å². The van der Waals surface area contributed by atoms with Crippen LogP contribution < -0.4 is 5.56 Å². The Labute approximate surface area is 147 Å². The third-order valence-corrected chi connectivity index (χ3v) is 4.22. The molecule has 0 unspecified atom stereocenters. The van der Waals surface area contributed by atoms with E-state index in [1.54, 1.807) is 48.8 Å². The lowest BCUT2D eigenvalue weighted by Gasteiger charge is -2.12. The van der Waals surface area contributed by atoms with Crippen molar-refractivity contribution in [2.75, 3.05) is 0 Å². The van der Waals surface area contributed by atoms with Crippen LogP contribution >= 0.6 is 0 Å². The van der Waals surface area contributed by atoms with Gasteiger partial charge in [0.1, 0.15) is 11.6 Å². The highest BCUT2D eigenvalue weighted by molar-refractivity contribution is 5.74. The zero-order chi connectivity index (χ0) is 18.1. The quantitative estimate of drug-likeness (QED) is 0.565. The van der Waals surface area contributed by atoms with Gasteiger partial charge in [-0.25, -0.2) is 13.8 Å². The van der Waals surface area contributed by atoms with E-state index in [1.165, 1.54) is 16.7 Å². The summed E-state index contributed by atoms with van der Waals surface area (Å²) in [5, 5.41) is 0. The van der Waals surface area contributed by atoms with Crippen molar-refractivity contribution in [2.24, 2.45) is 0 Å². The number of hydrogen-bond donors (Lipinski definition) is 0. The van der Waals surface area contributed by atoms with E-state index in [0.717, 1.165) is 6.20 Å². The Hall–Kier alpha value is -3.41. The van der Waals surface area contributed by atoms with Crippen LogP contribution in [0.5, 0.6) is 0 Å². The van der Waals surface area contributed by atoms with Gasteiger partial charge in [0, 0.05) is 18.0 Å². The molecular weight excluding hydrogens is 336 g/mol. The number of para-hydroxylation sites is 2. The van der Waals surface area contributed by atoms with E-state index in [9.17, 15) is 13.6 Å². The van der Waals surface area contributed by atoms with Gasteiger partial charge < -0.3 is 4.57 Å². The normalized spacial score (nSPS) is 11.0. The lowest BCUT2D eigenvalue weighted by Crippen LogP contribution is -2.22. The Balaban J connectivity index is 1.81. The second-order valence-corrected chi connectivity index (χ2v) is 5.83. The van der Waals surface area contributed by atoms with E-state index in [-0.39, 0.29) is 12.1 Å². The highest BCUT2D eigenvalue weighted by atomic mass is 19.1. The maximum Gasteiger partial charge on any atom is 0.269 e. The van der Waals surface area contributed by atoms with E-state index < -0.39 is 17.2 Å². The van der Waals surface area contributed by atoms with Gasteiger partial charge in [-0.15, -0.1) is 0 Å². The molecule has 4 rings (SSSR count). The van der Waals surface area contributed by atoms with Crippen LogP contribution in [0.15, 0.2) is 71.9 Å². The minimum atomic E-state index is -0.704. The SMILES string of the molecule is O=c1cnc2ccccc2n1Cc1c(F)cc(-c2ccncc2)cc1F. The molecule has 0 aliphatic rings. The summed E-state index contributed by atoms with van der Waals surface area (Å²) >= 11 is 0. The smallest absolute Gasteiger partial charge is 0.269 e. The molecule has 2 aromatic carbocycles.